The molecule has 0 aliphatic carbocycles. The first-order valence-corrected chi connectivity index (χ1v) is 10.7. The SMILES string of the molecule is CC[C@H](C)c1ccccc1NC(=O)[C@H](C)Sc1nnc(-c2ccccc2OC)n1N. The summed E-state index contributed by atoms with van der Waals surface area (Å²) in [6.07, 6.45) is 0.999. The van der Waals surface area contributed by atoms with E-state index in [0.29, 0.717) is 22.6 Å². The topological polar surface area (TPSA) is 95.1 Å². The average Bonchev–Trinajstić information content (AvgIpc) is 3.13. The molecule has 0 saturated heterocycles. The number of carbonyl (C=O) groups excluding carboxylic acids is 1. The van der Waals surface area contributed by atoms with Crippen molar-refractivity contribution in [2.75, 3.05) is 18.3 Å². The highest BCUT2D eigenvalue weighted by atomic mass is 32.2. The second kappa shape index (κ2) is 9.67. The summed E-state index contributed by atoms with van der Waals surface area (Å²) >= 11 is 1.26. The molecule has 0 saturated carbocycles. The molecule has 2 aromatic carbocycles. The number of benzene rings is 2. The number of rotatable bonds is 8. The molecule has 0 bridgehead atoms. The third-order valence-electron chi connectivity index (χ3n) is 5.03. The number of aromatic nitrogens is 3. The van der Waals surface area contributed by atoms with Gasteiger partial charge in [0.2, 0.25) is 11.1 Å². The number of ether oxygens (including phenoxy) is 1. The number of nitrogens with one attached hydrogen (secondary N) is 1. The first-order chi connectivity index (χ1) is 14.5. The molecule has 0 spiro atoms. The number of nitrogens with two attached hydrogens (primary N) is 1. The van der Waals surface area contributed by atoms with E-state index in [4.69, 9.17) is 10.6 Å². The van der Waals surface area contributed by atoms with E-state index in [1.54, 1.807) is 7.11 Å². The summed E-state index contributed by atoms with van der Waals surface area (Å²) in [5.74, 6) is 7.60. The van der Waals surface area contributed by atoms with E-state index in [0.717, 1.165) is 23.2 Å². The van der Waals surface area contributed by atoms with Crippen molar-refractivity contribution in [3.05, 3.63) is 54.1 Å². The van der Waals surface area contributed by atoms with Crippen molar-refractivity contribution in [1.82, 2.24) is 14.9 Å². The van der Waals surface area contributed by atoms with E-state index < -0.39 is 5.25 Å². The minimum atomic E-state index is -0.410. The Balaban J connectivity index is 1.75. The number of amides is 1. The van der Waals surface area contributed by atoms with Gasteiger partial charge in [-0.05, 0) is 43.0 Å². The molecule has 1 aromatic heterocycles. The van der Waals surface area contributed by atoms with Crippen LogP contribution in [0.25, 0.3) is 11.4 Å². The van der Waals surface area contributed by atoms with Crippen molar-refractivity contribution < 1.29 is 9.53 Å². The number of nitrogen functional groups attached to an aromatic ring is 1. The minimum absolute atomic E-state index is 0.113. The van der Waals surface area contributed by atoms with Gasteiger partial charge in [-0.15, -0.1) is 10.2 Å². The van der Waals surface area contributed by atoms with Crippen molar-refractivity contribution in [1.29, 1.82) is 0 Å². The number of carbonyl (C=O) groups is 1. The Labute approximate surface area is 181 Å². The molecule has 0 unspecified atom stereocenters. The number of anilines is 1. The van der Waals surface area contributed by atoms with Crippen molar-refractivity contribution in [3.63, 3.8) is 0 Å². The second-order valence-corrected chi connectivity index (χ2v) is 8.33. The van der Waals surface area contributed by atoms with Crippen LogP contribution in [-0.4, -0.2) is 33.1 Å². The number of hydrogen-bond acceptors (Lipinski definition) is 6. The van der Waals surface area contributed by atoms with Gasteiger partial charge in [0, 0.05) is 5.69 Å². The van der Waals surface area contributed by atoms with E-state index in [1.807, 2.05) is 49.4 Å². The van der Waals surface area contributed by atoms with Gasteiger partial charge < -0.3 is 15.9 Å². The lowest BCUT2D eigenvalue weighted by molar-refractivity contribution is -0.115. The zero-order chi connectivity index (χ0) is 21.7. The third kappa shape index (κ3) is 4.59. The van der Waals surface area contributed by atoms with Crippen LogP contribution in [0.15, 0.2) is 53.7 Å². The van der Waals surface area contributed by atoms with Gasteiger partial charge in [0.05, 0.1) is 17.9 Å². The Hall–Kier alpha value is -3.00. The van der Waals surface area contributed by atoms with Crippen LogP contribution in [0.3, 0.4) is 0 Å². The lowest BCUT2D eigenvalue weighted by atomic mass is 9.97. The maximum absolute atomic E-state index is 12.8. The molecule has 0 aliphatic rings. The van der Waals surface area contributed by atoms with Crippen molar-refractivity contribution in [2.24, 2.45) is 0 Å². The van der Waals surface area contributed by atoms with Gasteiger partial charge >= 0.3 is 0 Å². The van der Waals surface area contributed by atoms with Gasteiger partial charge in [-0.2, -0.15) is 0 Å². The van der Waals surface area contributed by atoms with E-state index >= 15 is 0 Å². The summed E-state index contributed by atoms with van der Waals surface area (Å²) < 4.78 is 6.77. The molecule has 158 valence electrons. The van der Waals surface area contributed by atoms with E-state index in [2.05, 4.69) is 35.4 Å². The van der Waals surface area contributed by atoms with Gasteiger partial charge in [-0.25, -0.2) is 4.68 Å². The molecule has 3 N–H and O–H groups in total. The largest absolute Gasteiger partial charge is 0.496 e. The Bertz CT molecular complexity index is 1020. The lowest BCUT2D eigenvalue weighted by Crippen LogP contribution is -2.24. The number of methoxy groups -OCH3 is 1. The maximum atomic E-state index is 12.8. The fourth-order valence-electron chi connectivity index (χ4n) is 3.08. The Morgan fingerprint density at radius 2 is 1.87 bits per heavy atom. The molecule has 2 atom stereocenters. The highest BCUT2D eigenvalue weighted by Crippen LogP contribution is 2.31. The number of hydrogen-bond donors (Lipinski definition) is 2. The average molecular weight is 426 g/mol. The zero-order valence-electron chi connectivity index (χ0n) is 17.6. The molecule has 7 nitrogen and oxygen atoms in total. The van der Waals surface area contributed by atoms with Crippen LogP contribution >= 0.6 is 11.8 Å². The molecule has 0 fully saturated rings. The maximum Gasteiger partial charge on any atom is 0.237 e. The zero-order valence-corrected chi connectivity index (χ0v) is 18.4. The standard InChI is InChI=1S/C22H27N5O2S/c1-5-14(2)16-10-6-8-12-18(16)24-21(28)15(3)30-22-26-25-20(27(22)23)17-11-7-9-13-19(17)29-4/h6-15H,5,23H2,1-4H3,(H,24,28)/t14-,15-/m0/s1. The highest BCUT2D eigenvalue weighted by molar-refractivity contribution is 8.00. The second-order valence-electron chi connectivity index (χ2n) is 7.02. The van der Waals surface area contributed by atoms with Crippen LogP contribution < -0.4 is 15.9 Å². The van der Waals surface area contributed by atoms with Crippen molar-refractivity contribution >= 4 is 23.4 Å². The van der Waals surface area contributed by atoms with Gasteiger partial charge in [0.25, 0.3) is 0 Å². The Morgan fingerprint density at radius 1 is 1.17 bits per heavy atom. The fraction of sp³-hybridized carbons (Fsp3) is 0.318. The predicted molar refractivity (Wildman–Crippen MR) is 121 cm³/mol. The van der Waals surface area contributed by atoms with Crippen LogP contribution in [0.4, 0.5) is 5.69 Å². The predicted octanol–water partition coefficient (Wildman–Crippen LogP) is 4.30. The summed E-state index contributed by atoms with van der Waals surface area (Å²) in [6, 6.07) is 15.4. The van der Waals surface area contributed by atoms with E-state index in [-0.39, 0.29) is 5.91 Å². The van der Waals surface area contributed by atoms with Gasteiger partial charge in [0.15, 0.2) is 5.82 Å². The molecule has 0 radical (unpaired) electrons. The summed E-state index contributed by atoms with van der Waals surface area (Å²) in [5.41, 5.74) is 2.71. The first kappa shape index (κ1) is 21.7. The lowest BCUT2D eigenvalue weighted by Gasteiger charge is -2.17. The number of nitrogens with zero attached hydrogens (tertiary/aromatic N) is 3. The molecule has 0 aliphatic heterocycles. The minimum Gasteiger partial charge on any atom is -0.496 e. The van der Waals surface area contributed by atoms with Crippen LogP contribution in [0.2, 0.25) is 0 Å². The quantitative estimate of drug-likeness (QED) is 0.413. The molecule has 3 rings (SSSR count). The van der Waals surface area contributed by atoms with Crippen LogP contribution in [-0.2, 0) is 4.79 Å². The van der Waals surface area contributed by atoms with Gasteiger partial charge in [0.1, 0.15) is 5.75 Å². The van der Waals surface area contributed by atoms with Crippen LogP contribution in [0.5, 0.6) is 5.75 Å². The Kier molecular flexibility index (Phi) is 6.99. The fourth-order valence-corrected chi connectivity index (χ4v) is 3.85. The van der Waals surface area contributed by atoms with Crippen molar-refractivity contribution in [3.8, 4) is 17.1 Å². The molecule has 3 aromatic rings. The molecular formula is C22H27N5O2S. The summed E-state index contributed by atoms with van der Waals surface area (Å²) in [6.45, 7) is 6.11. The molecule has 30 heavy (non-hydrogen) atoms. The monoisotopic (exact) mass is 425 g/mol. The van der Waals surface area contributed by atoms with E-state index in [9.17, 15) is 4.79 Å². The normalized spacial score (nSPS) is 12.9. The third-order valence-corrected chi connectivity index (χ3v) is 6.08. The van der Waals surface area contributed by atoms with Gasteiger partial charge in [-0.1, -0.05) is 55.9 Å². The molecule has 1 heterocycles. The first-order valence-electron chi connectivity index (χ1n) is 9.86. The summed E-state index contributed by atoms with van der Waals surface area (Å²) in [4.78, 5) is 12.8. The molecule has 8 heteroatoms. The smallest absolute Gasteiger partial charge is 0.237 e. The molecular weight excluding hydrogens is 398 g/mol. The van der Waals surface area contributed by atoms with Crippen LogP contribution in [0.1, 0.15) is 38.7 Å². The van der Waals surface area contributed by atoms with Crippen LogP contribution in [0, 0.1) is 0 Å². The summed E-state index contributed by atoms with van der Waals surface area (Å²) in [5, 5.41) is 11.5. The Morgan fingerprint density at radius 3 is 2.60 bits per heavy atom. The number of para-hydroxylation sites is 2. The molecule has 1 amide bonds. The number of thioether (sulfide) groups is 1. The van der Waals surface area contributed by atoms with Gasteiger partial charge in [-0.3, -0.25) is 4.79 Å². The van der Waals surface area contributed by atoms with Crippen molar-refractivity contribution in [2.45, 2.75) is 43.5 Å². The highest BCUT2D eigenvalue weighted by Gasteiger charge is 2.22. The summed E-state index contributed by atoms with van der Waals surface area (Å²) in [7, 11) is 1.59. The van der Waals surface area contributed by atoms with E-state index in [1.165, 1.54) is 16.4 Å².